The fourth-order valence-corrected chi connectivity index (χ4v) is 11.5. The van der Waals surface area contributed by atoms with E-state index in [1.54, 1.807) is 0 Å². The fourth-order valence-electron chi connectivity index (χ4n) is 10.3. The van der Waals surface area contributed by atoms with Crippen LogP contribution < -0.4 is 0 Å². The third-order valence-electron chi connectivity index (χ3n) is 13.0. The maximum Gasteiger partial charge on any atom is 0.164 e. The number of hydrogen-bond acceptors (Lipinski definition) is 6. The van der Waals surface area contributed by atoms with Gasteiger partial charge in [-0.05, 0) is 42.5 Å². The van der Waals surface area contributed by atoms with E-state index in [1.165, 1.54) is 20.2 Å². The van der Waals surface area contributed by atoms with Crippen LogP contribution >= 0.6 is 11.3 Å². The molecule has 66 heavy (non-hydrogen) atoms. The Morgan fingerprint density at radius 3 is 1.67 bits per heavy atom. The predicted molar refractivity (Wildman–Crippen MR) is 270 cm³/mol. The highest BCUT2D eigenvalue weighted by atomic mass is 32.1. The molecule has 0 amide bonds. The highest BCUT2D eigenvalue weighted by molar-refractivity contribution is 7.27. The van der Waals surface area contributed by atoms with Gasteiger partial charge in [0.15, 0.2) is 23.1 Å². The van der Waals surface area contributed by atoms with E-state index < -0.39 is 0 Å². The van der Waals surface area contributed by atoms with Crippen molar-refractivity contribution in [1.82, 2.24) is 24.1 Å². The molecule has 14 aromatic rings. The summed E-state index contributed by atoms with van der Waals surface area (Å²) in [6, 6.07) is 69.3. The maximum absolute atomic E-state index is 11.6. The summed E-state index contributed by atoms with van der Waals surface area (Å²) < 4.78 is 14.2. The first-order chi connectivity index (χ1) is 32.7. The van der Waals surface area contributed by atoms with Crippen LogP contribution in [-0.4, -0.2) is 24.1 Å². The summed E-state index contributed by atoms with van der Waals surface area (Å²) in [5.74, 6) is 1.52. The lowest BCUT2D eigenvalue weighted by molar-refractivity contribution is 0.666. The summed E-state index contributed by atoms with van der Waals surface area (Å²) in [4.78, 5) is 15.4. The molecule has 0 atom stereocenters. The second-order valence-corrected chi connectivity index (χ2v) is 17.6. The summed E-state index contributed by atoms with van der Waals surface area (Å²) in [5, 5.41) is 20.2. The average molecular weight is 861 g/mol. The lowest BCUT2D eigenvalue weighted by Gasteiger charge is -2.15. The Bertz CT molecular complexity index is 4290. The van der Waals surface area contributed by atoms with Gasteiger partial charge >= 0.3 is 0 Å². The molecule has 0 bridgehead atoms. The summed E-state index contributed by atoms with van der Waals surface area (Å²) >= 11 is 1.82. The zero-order chi connectivity index (χ0) is 43.5. The van der Waals surface area contributed by atoms with Crippen molar-refractivity contribution >= 4 is 97.1 Å². The first kappa shape index (κ1) is 36.6. The van der Waals surface area contributed by atoms with Crippen molar-refractivity contribution in [2.75, 3.05) is 0 Å². The minimum Gasteiger partial charge on any atom is -0.454 e. The van der Waals surface area contributed by atoms with Gasteiger partial charge in [-0.3, -0.25) is 0 Å². The van der Waals surface area contributed by atoms with Gasteiger partial charge in [-0.15, -0.1) is 11.3 Å². The topological polar surface area (TPSA) is 85.5 Å². The number of para-hydroxylation sites is 4. The van der Waals surface area contributed by atoms with Crippen molar-refractivity contribution in [3.8, 4) is 51.6 Å². The van der Waals surface area contributed by atoms with E-state index in [4.69, 9.17) is 19.4 Å². The Morgan fingerprint density at radius 1 is 0.470 bits per heavy atom. The maximum atomic E-state index is 11.6. The van der Waals surface area contributed by atoms with Gasteiger partial charge in [0.25, 0.3) is 0 Å². The average Bonchev–Trinajstić information content (AvgIpc) is 4.15. The Morgan fingerprint density at radius 2 is 0.985 bits per heavy atom. The molecular weight excluding hydrogens is 829 g/mol. The zero-order valence-electron chi connectivity index (χ0n) is 35.0. The van der Waals surface area contributed by atoms with Crippen LogP contribution in [0.15, 0.2) is 199 Å². The monoisotopic (exact) mass is 860 g/mol. The van der Waals surface area contributed by atoms with E-state index in [-0.39, 0.29) is 0 Å². The van der Waals surface area contributed by atoms with Gasteiger partial charge in [0.2, 0.25) is 0 Å². The molecule has 0 N–H and O–H groups in total. The number of aromatic nitrogens is 5. The van der Waals surface area contributed by atoms with Gasteiger partial charge in [0.05, 0.1) is 27.6 Å². The van der Waals surface area contributed by atoms with Gasteiger partial charge < -0.3 is 13.6 Å². The van der Waals surface area contributed by atoms with Crippen LogP contribution in [0.4, 0.5) is 0 Å². The zero-order valence-corrected chi connectivity index (χ0v) is 35.8. The van der Waals surface area contributed by atoms with Crippen molar-refractivity contribution in [3.05, 3.63) is 200 Å². The number of hydrogen-bond donors (Lipinski definition) is 0. The fraction of sp³-hybridized carbons (Fsp3) is 0. The molecule has 0 fully saturated rings. The molecular formula is C58H32N6OS. The third kappa shape index (κ3) is 5.14. The smallest absolute Gasteiger partial charge is 0.164 e. The third-order valence-corrected chi connectivity index (χ3v) is 14.2. The summed E-state index contributed by atoms with van der Waals surface area (Å²) in [6.07, 6.45) is 0. The largest absolute Gasteiger partial charge is 0.454 e. The van der Waals surface area contributed by atoms with Gasteiger partial charge in [0, 0.05) is 74.9 Å². The molecule has 0 unspecified atom stereocenters. The summed E-state index contributed by atoms with van der Waals surface area (Å²) in [7, 11) is 0. The molecule has 0 saturated heterocycles. The minimum absolute atomic E-state index is 0.429. The molecule has 5 heterocycles. The molecule has 0 saturated carbocycles. The number of rotatable bonds is 5. The van der Waals surface area contributed by atoms with Crippen molar-refractivity contribution in [1.29, 1.82) is 5.26 Å². The molecule has 9 aromatic carbocycles. The van der Waals surface area contributed by atoms with Crippen LogP contribution in [0.2, 0.25) is 0 Å². The van der Waals surface area contributed by atoms with Crippen LogP contribution in [0.1, 0.15) is 5.56 Å². The lowest BCUT2D eigenvalue weighted by Crippen LogP contribution is -2.03. The quantitative estimate of drug-likeness (QED) is 0.172. The number of fused-ring (bicyclic) bond motifs is 15. The highest BCUT2D eigenvalue weighted by Gasteiger charge is 2.30. The highest BCUT2D eigenvalue weighted by Crippen LogP contribution is 2.52. The molecule has 0 spiro atoms. The van der Waals surface area contributed by atoms with Crippen molar-refractivity contribution < 1.29 is 4.42 Å². The number of thiophene rings is 1. The van der Waals surface area contributed by atoms with Crippen molar-refractivity contribution in [2.24, 2.45) is 0 Å². The summed E-state index contributed by atoms with van der Waals surface area (Å²) in [5.41, 5.74) is 10.1. The number of nitrogens with zero attached hydrogens (tertiary/aromatic N) is 6. The van der Waals surface area contributed by atoms with Gasteiger partial charge in [-0.1, -0.05) is 152 Å². The summed E-state index contributed by atoms with van der Waals surface area (Å²) in [6.45, 7) is 0. The van der Waals surface area contributed by atoms with Gasteiger partial charge in [0.1, 0.15) is 17.3 Å². The standard InChI is InChI=1S/C58H32N6OS/c59-33-36-32-42(58-61-56(34-18-4-1-5-19-34)60-57(62-58)35-20-6-2-7-21-35)47-40-26-12-16-30-45(40)65-54(47)51(36)64-44-29-15-11-25-39(44)49-53(64)48-38-24-10-14-28-43(38)63(37-22-8-3-9-23-37)52(48)50-41-27-13-17-31-46(41)66-55(49)50/h1-32H. The molecule has 0 aliphatic carbocycles. The van der Waals surface area contributed by atoms with Crippen molar-refractivity contribution in [2.45, 2.75) is 0 Å². The molecule has 0 radical (unpaired) electrons. The normalized spacial score (nSPS) is 11.9. The molecule has 14 rings (SSSR count). The van der Waals surface area contributed by atoms with Crippen LogP contribution in [0.3, 0.4) is 0 Å². The lowest BCUT2D eigenvalue weighted by atomic mass is 9.99. The Labute approximate surface area is 380 Å². The molecule has 5 aromatic heterocycles. The van der Waals surface area contributed by atoms with Gasteiger partial charge in [-0.2, -0.15) is 5.26 Å². The van der Waals surface area contributed by atoms with Crippen LogP contribution in [0.25, 0.3) is 131 Å². The molecule has 0 aliphatic heterocycles. The van der Waals surface area contributed by atoms with E-state index in [1.807, 2.05) is 96.3 Å². The van der Waals surface area contributed by atoms with Crippen LogP contribution in [0.5, 0.6) is 0 Å². The number of furan rings is 1. The molecule has 8 heteroatoms. The Hall–Kier alpha value is -8.90. The van der Waals surface area contributed by atoms with Crippen LogP contribution in [-0.2, 0) is 0 Å². The number of benzene rings is 9. The van der Waals surface area contributed by atoms with E-state index in [9.17, 15) is 5.26 Å². The van der Waals surface area contributed by atoms with Crippen molar-refractivity contribution in [3.63, 3.8) is 0 Å². The Kier molecular flexibility index (Phi) is 7.79. The van der Waals surface area contributed by atoms with Gasteiger partial charge in [-0.25, -0.2) is 15.0 Å². The SMILES string of the molecule is N#Cc1cc(-c2nc(-c3ccccc3)nc(-c3ccccc3)n2)c2c(oc3ccccc32)c1-n1c2ccccc2c2c3sc4ccccc4c3c3c(c4ccccc4n3-c3ccccc3)c21. The second kappa shape index (κ2) is 14.1. The molecule has 306 valence electrons. The predicted octanol–water partition coefficient (Wildman–Crippen LogP) is 15.2. The van der Waals surface area contributed by atoms with Crippen LogP contribution in [0, 0.1) is 11.3 Å². The van der Waals surface area contributed by atoms with E-state index in [2.05, 4.69) is 124 Å². The van der Waals surface area contributed by atoms with E-state index >= 15 is 0 Å². The molecule has 7 nitrogen and oxygen atoms in total. The minimum atomic E-state index is 0.429. The number of nitriles is 1. The van der Waals surface area contributed by atoms with E-state index in [0.29, 0.717) is 45.5 Å². The van der Waals surface area contributed by atoms with E-state index in [0.717, 1.165) is 71.2 Å². The first-order valence-electron chi connectivity index (χ1n) is 21.8. The second-order valence-electron chi connectivity index (χ2n) is 16.6. The molecule has 0 aliphatic rings. The Balaban J connectivity index is 1.19. The first-order valence-corrected chi connectivity index (χ1v) is 22.7.